The number of hydrogen-bond acceptors (Lipinski definition) is 5. The minimum Gasteiger partial charge on any atom is -0.489 e. The number of hydrogen-bond donors (Lipinski definition) is 2. The Morgan fingerprint density at radius 3 is 2.68 bits per heavy atom. The number of nitrogens with zero attached hydrogens (tertiary/aromatic N) is 1. The van der Waals surface area contributed by atoms with E-state index >= 15 is 0 Å². The molecule has 2 aliphatic heterocycles. The van der Waals surface area contributed by atoms with Gasteiger partial charge >= 0.3 is 0 Å². The van der Waals surface area contributed by atoms with E-state index in [1.165, 1.54) is 7.11 Å². The van der Waals surface area contributed by atoms with E-state index in [2.05, 4.69) is 10.6 Å². The van der Waals surface area contributed by atoms with Gasteiger partial charge in [-0.3, -0.25) is 14.4 Å². The minimum atomic E-state index is -0.510. The summed E-state index contributed by atoms with van der Waals surface area (Å²) in [7, 11) is 1.51. The fraction of sp³-hybridized carbons (Fsp3) is 0.550. The first kappa shape index (κ1) is 20.1. The highest BCUT2D eigenvalue weighted by atomic mass is 16.5. The second-order valence-corrected chi connectivity index (χ2v) is 7.09. The standard InChI is InChI=1S/C20H27N3O5/c1-27-13-18(24)23-11-8-14(9-12-23)28-17-7-3-2-5-15(17)19(25)22-16-6-4-10-21-20(16)26/h2-3,5,7,14,16H,4,6,8-13H2,1H3,(H,21,26)(H,22,25)/t16-/m1/s1. The Hall–Kier alpha value is -2.61. The molecule has 28 heavy (non-hydrogen) atoms. The fourth-order valence-electron chi connectivity index (χ4n) is 3.52. The van der Waals surface area contributed by atoms with E-state index < -0.39 is 6.04 Å². The highest BCUT2D eigenvalue weighted by Gasteiger charge is 2.27. The van der Waals surface area contributed by atoms with E-state index in [9.17, 15) is 14.4 Å². The number of rotatable bonds is 6. The van der Waals surface area contributed by atoms with Crippen molar-refractivity contribution in [1.82, 2.24) is 15.5 Å². The SMILES string of the molecule is COCC(=O)N1CCC(Oc2ccccc2C(=O)N[C@@H]2CCCNC2=O)CC1. The average Bonchev–Trinajstić information content (AvgIpc) is 2.71. The number of methoxy groups -OCH3 is 1. The van der Waals surface area contributed by atoms with Gasteiger partial charge in [-0.05, 0) is 25.0 Å². The van der Waals surface area contributed by atoms with Gasteiger partial charge in [0.15, 0.2) is 0 Å². The lowest BCUT2D eigenvalue weighted by Gasteiger charge is -2.32. The zero-order chi connectivity index (χ0) is 19.9. The van der Waals surface area contributed by atoms with Crippen LogP contribution in [-0.2, 0) is 14.3 Å². The summed E-state index contributed by atoms with van der Waals surface area (Å²) in [5.41, 5.74) is 0.416. The number of carbonyl (C=O) groups excluding carboxylic acids is 3. The van der Waals surface area contributed by atoms with Crippen LogP contribution in [0.5, 0.6) is 5.75 Å². The van der Waals surface area contributed by atoms with E-state index in [1.807, 2.05) is 6.07 Å². The van der Waals surface area contributed by atoms with Crippen LogP contribution >= 0.6 is 0 Å². The molecule has 152 valence electrons. The summed E-state index contributed by atoms with van der Waals surface area (Å²) in [4.78, 5) is 38.3. The number of ether oxygens (including phenoxy) is 2. The molecule has 3 amide bonds. The van der Waals surface area contributed by atoms with Crippen molar-refractivity contribution in [1.29, 1.82) is 0 Å². The summed E-state index contributed by atoms with van der Waals surface area (Å²) < 4.78 is 11.0. The second kappa shape index (κ2) is 9.54. The van der Waals surface area contributed by atoms with Gasteiger partial charge < -0.3 is 25.0 Å². The van der Waals surface area contributed by atoms with E-state index in [-0.39, 0.29) is 30.4 Å². The van der Waals surface area contributed by atoms with Gasteiger partial charge in [0, 0.05) is 39.6 Å². The maximum absolute atomic E-state index is 12.7. The van der Waals surface area contributed by atoms with Gasteiger partial charge in [0.1, 0.15) is 24.5 Å². The number of para-hydroxylation sites is 1. The Morgan fingerprint density at radius 2 is 1.96 bits per heavy atom. The Labute approximate surface area is 164 Å². The molecule has 2 heterocycles. The number of amides is 3. The van der Waals surface area contributed by atoms with Crippen LogP contribution in [0.15, 0.2) is 24.3 Å². The van der Waals surface area contributed by atoms with Gasteiger partial charge in [-0.2, -0.15) is 0 Å². The van der Waals surface area contributed by atoms with Crippen LogP contribution in [0.4, 0.5) is 0 Å². The summed E-state index contributed by atoms with van der Waals surface area (Å²) >= 11 is 0. The first-order valence-corrected chi connectivity index (χ1v) is 9.69. The Balaban J connectivity index is 1.59. The largest absolute Gasteiger partial charge is 0.489 e. The number of piperidine rings is 2. The molecule has 2 fully saturated rings. The average molecular weight is 389 g/mol. The van der Waals surface area contributed by atoms with Crippen molar-refractivity contribution >= 4 is 17.7 Å². The van der Waals surface area contributed by atoms with Crippen LogP contribution in [0.2, 0.25) is 0 Å². The van der Waals surface area contributed by atoms with Gasteiger partial charge in [-0.25, -0.2) is 0 Å². The monoisotopic (exact) mass is 389 g/mol. The number of nitrogens with one attached hydrogen (secondary N) is 2. The van der Waals surface area contributed by atoms with Crippen LogP contribution in [0.1, 0.15) is 36.0 Å². The first-order valence-electron chi connectivity index (χ1n) is 9.69. The third kappa shape index (κ3) is 5.01. The predicted octanol–water partition coefficient (Wildman–Crippen LogP) is 0.711. The molecule has 3 rings (SSSR count). The van der Waals surface area contributed by atoms with Crippen LogP contribution in [0.25, 0.3) is 0 Å². The molecule has 2 aliphatic rings. The quantitative estimate of drug-likeness (QED) is 0.747. The molecule has 8 heteroatoms. The summed E-state index contributed by atoms with van der Waals surface area (Å²) in [6.07, 6.45) is 2.79. The van der Waals surface area contributed by atoms with Gasteiger partial charge in [0.05, 0.1) is 5.56 Å². The number of benzene rings is 1. The molecular formula is C20H27N3O5. The van der Waals surface area contributed by atoms with Crippen LogP contribution < -0.4 is 15.4 Å². The molecule has 0 radical (unpaired) electrons. The van der Waals surface area contributed by atoms with Gasteiger partial charge in [-0.1, -0.05) is 12.1 Å². The molecule has 1 atom stereocenters. The summed E-state index contributed by atoms with van der Waals surface area (Å²) in [5.74, 6) is 0.0147. The Morgan fingerprint density at radius 1 is 1.21 bits per heavy atom. The van der Waals surface area contributed by atoms with Crippen LogP contribution in [-0.4, -0.2) is 68.1 Å². The Bertz CT molecular complexity index is 716. The number of likely N-dealkylation sites (tertiary alicyclic amines) is 1. The molecule has 1 aromatic rings. The van der Waals surface area contributed by atoms with Crippen LogP contribution in [0, 0.1) is 0 Å². The van der Waals surface area contributed by atoms with Crippen molar-refractivity contribution in [3.63, 3.8) is 0 Å². The predicted molar refractivity (Wildman–Crippen MR) is 102 cm³/mol. The fourth-order valence-corrected chi connectivity index (χ4v) is 3.52. The van der Waals surface area contributed by atoms with Crippen molar-refractivity contribution in [3.05, 3.63) is 29.8 Å². The lowest BCUT2D eigenvalue weighted by atomic mass is 10.1. The molecule has 1 aromatic carbocycles. The molecule has 0 spiro atoms. The van der Waals surface area contributed by atoms with Crippen molar-refractivity contribution in [2.75, 3.05) is 33.4 Å². The van der Waals surface area contributed by atoms with E-state index in [0.29, 0.717) is 50.2 Å². The molecule has 0 aliphatic carbocycles. The van der Waals surface area contributed by atoms with Crippen LogP contribution in [0.3, 0.4) is 0 Å². The molecule has 0 saturated carbocycles. The molecule has 0 unspecified atom stereocenters. The molecule has 0 aromatic heterocycles. The highest BCUT2D eigenvalue weighted by Crippen LogP contribution is 2.23. The third-order valence-electron chi connectivity index (χ3n) is 5.08. The molecule has 0 bridgehead atoms. The smallest absolute Gasteiger partial charge is 0.255 e. The van der Waals surface area contributed by atoms with Crippen molar-refractivity contribution in [2.24, 2.45) is 0 Å². The zero-order valence-electron chi connectivity index (χ0n) is 16.1. The van der Waals surface area contributed by atoms with Gasteiger partial charge in [0.2, 0.25) is 11.8 Å². The van der Waals surface area contributed by atoms with E-state index in [1.54, 1.807) is 23.1 Å². The first-order chi connectivity index (χ1) is 13.6. The maximum Gasteiger partial charge on any atom is 0.255 e. The van der Waals surface area contributed by atoms with E-state index in [4.69, 9.17) is 9.47 Å². The van der Waals surface area contributed by atoms with Gasteiger partial charge in [-0.15, -0.1) is 0 Å². The van der Waals surface area contributed by atoms with Crippen molar-refractivity contribution in [2.45, 2.75) is 37.8 Å². The topological polar surface area (TPSA) is 97.0 Å². The molecule has 2 N–H and O–H groups in total. The molecule has 2 saturated heterocycles. The normalized spacial score (nSPS) is 20.4. The second-order valence-electron chi connectivity index (χ2n) is 7.09. The van der Waals surface area contributed by atoms with Gasteiger partial charge in [0.25, 0.3) is 5.91 Å². The molecular weight excluding hydrogens is 362 g/mol. The zero-order valence-corrected chi connectivity index (χ0v) is 16.1. The summed E-state index contributed by atoms with van der Waals surface area (Å²) in [6, 6.07) is 6.54. The summed E-state index contributed by atoms with van der Waals surface area (Å²) in [6.45, 7) is 1.94. The highest BCUT2D eigenvalue weighted by molar-refractivity contribution is 5.99. The third-order valence-corrected chi connectivity index (χ3v) is 5.08. The minimum absolute atomic E-state index is 0.0218. The lowest BCUT2D eigenvalue weighted by Crippen LogP contribution is -2.50. The van der Waals surface area contributed by atoms with Crippen molar-refractivity contribution < 1.29 is 23.9 Å². The Kier molecular flexibility index (Phi) is 6.86. The molecule has 8 nitrogen and oxygen atoms in total. The summed E-state index contributed by atoms with van der Waals surface area (Å²) in [5, 5.41) is 5.57. The van der Waals surface area contributed by atoms with Crippen molar-refractivity contribution in [3.8, 4) is 5.75 Å². The maximum atomic E-state index is 12.7. The van der Waals surface area contributed by atoms with E-state index in [0.717, 1.165) is 6.42 Å². The lowest BCUT2D eigenvalue weighted by molar-refractivity contribution is -0.136. The number of carbonyl (C=O) groups is 3.